The van der Waals surface area contributed by atoms with E-state index in [9.17, 15) is 17.6 Å². The first kappa shape index (κ1) is 16.7. The zero-order chi connectivity index (χ0) is 17.3. The molecule has 2 heterocycles. The van der Waals surface area contributed by atoms with Crippen molar-refractivity contribution in [2.24, 2.45) is 0 Å². The van der Waals surface area contributed by atoms with Gasteiger partial charge in [0.25, 0.3) is 5.91 Å². The van der Waals surface area contributed by atoms with Crippen LogP contribution in [-0.2, 0) is 9.84 Å². The van der Waals surface area contributed by atoms with Crippen LogP contribution in [0.1, 0.15) is 22.2 Å². The molecule has 6 nitrogen and oxygen atoms in total. The zero-order valence-electron chi connectivity index (χ0n) is 13.0. The van der Waals surface area contributed by atoms with E-state index in [0.717, 1.165) is 6.26 Å². The highest BCUT2D eigenvalue weighted by Gasteiger charge is 2.31. The fourth-order valence-corrected chi connectivity index (χ4v) is 3.29. The number of halogens is 1. The Morgan fingerprint density at radius 1 is 1.33 bits per heavy atom. The molecule has 1 aromatic carbocycles. The first-order valence-electron chi connectivity index (χ1n) is 7.43. The van der Waals surface area contributed by atoms with E-state index in [4.69, 9.17) is 4.42 Å². The smallest absolute Gasteiger partial charge is 0.290 e. The molecule has 8 heteroatoms. The molecule has 1 amide bonds. The third-order valence-corrected chi connectivity index (χ3v) is 4.85. The average molecular weight is 352 g/mol. The Kier molecular flexibility index (Phi) is 4.42. The molecule has 128 valence electrons. The van der Waals surface area contributed by atoms with Gasteiger partial charge in [-0.1, -0.05) is 12.1 Å². The molecule has 1 saturated heterocycles. The Morgan fingerprint density at radius 3 is 2.79 bits per heavy atom. The van der Waals surface area contributed by atoms with E-state index in [0.29, 0.717) is 25.2 Å². The van der Waals surface area contributed by atoms with Gasteiger partial charge >= 0.3 is 0 Å². The minimum Gasteiger partial charge on any atom is -0.440 e. The summed E-state index contributed by atoms with van der Waals surface area (Å²) >= 11 is 0. The predicted octanol–water partition coefficient (Wildman–Crippen LogP) is 1.61. The molecule has 1 aromatic heterocycles. The molecular weight excluding hydrogens is 335 g/mol. The second-order valence-electron chi connectivity index (χ2n) is 5.66. The van der Waals surface area contributed by atoms with Crippen LogP contribution in [0.4, 0.5) is 4.39 Å². The molecule has 3 rings (SSSR count). The lowest BCUT2D eigenvalue weighted by Gasteiger charge is -2.36. The minimum absolute atomic E-state index is 0.0428. The molecule has 0 bridgehead atoms. The van der Waals surface area contributed by atoms with E-state index < -0.39 is 15.7 Å². The van der Waals surface area contributed by atoms with Crippen molar-refractivity contribution in [3.8, 4) is 0 Å². The highest BCUT2D eigenvalue weighted by atomic mass is 32.2. The number of hydrogen-bond acceptors (Lipinski definition) is 5. The summed E-state index contributed by atoms with van der Waals surface area (Å²) < 4.78 is 41.7. The van der Waals surface area contributed by atoms with Crippen LogP contribution in [-0.4, -0.2) is 45.1 Å². The van der Waals surface area contributed by atoms with Crippen LogP contribution in [0.2, 0.25) is 0 Å². The fraction of sp³-hybridized carbons (Fsp3) is 0.312. The molecule has 1 N–H and O–H groups in total. The number of hydrogen-bond donors (Lipinski definition) is 1. The van der Waals surface area contributed by atoms with Crippen LogP contribution in [0.3, 0.4) is 0 Å². The van der Waals surface area contributed by atoms with Crippen LogP contribution in [0.5, 0.6) is 0 Å². The lowest BCUT2D eigenvalue weighted by atomic mass is 10.0. The van der Waals surface area contributed by atoms with Crippen LogP contribution in [0.15, 0.2) is 45.9 Å². The molecule has 0 spiro atoms. The number of nitrogens with zero attached hydrogens (tertiary/aromatic N) is 1. The molecule has 0 radical (unpaired) electrons. The van der Waals surface area contributed by atoms with Gasteiger partial charge in [-0.05, 0) is 29.8 Å². The third kappa shape index (κ3) is 3.34. The number of carbonyl (C=O) groups is 1. The number of carbonyl (C=O) groups excluding carboxylic acids is 1. The lowest BCUT2D eigenvalue weighted by Crippen LogP contribution is -2.48. The largest absolute Gasteiger partial charge is 0.440 e. The summed E-state index contributed by atoms with van der Waals surface area (Å²) in [7, 11) is -3.52. The Bertz CT molecular complexity index is 862. The number of piperazine rings is 1. The van der Waals surface area contributed by atoms with Crippen molar-refractivity contribution in [3.63, 3.8) is 0 Å². The number of rotatable bonds is 3. The number of sulfone groups is 1. The van der Waals surface area contributed by atoms with Crippen LogP contribution in [0.25, 0.3) is 0 Å². The fourth-order valence-electron chi connectivity index (χ4n) is 2.73. The van der Waals surface area contributed by atoms with Crippen molar-refractivity contribution < 1.29 is 22.0 Å². The molecule has 0 saturated carbocycles. The van der Waals surface area contributed by atoms with Crippen molar-refractivity contribution in [1.82, 2.24) is 10.2 Å². The van der Waals surface area contributed by atoms with Gasteiger partial charge in [-0.15, -0.1) is 0 Å². The first-order valence-corrected chi connectivity index (χ1v) is 9.32. The topological polar surface area (TPSA) is 79.6 Å². The maximum atomic E-state index is 13.5. The van der Waals surface area contributed by atoms with E-state index in [1.165, 1.54) is 24.3 Å². The third-order valence-electron chi connectivity index (χ3n) is 3.90. The number of benzene rings is 1. The quantitative estimate of drug-likeness (QED) is 0.908. The summed E-state index contributed by atoms with van der Waals surface area (Å²) in [6, 6.07) is 8.35. The monoisotopic (exact) mass is 352 g/mol. The van der Waals surface area contributed by atoms with Gasteiger partial charge < -0.3 is 14.6 Å². The van der Waals surface area contributed by atoms with Crippen molar-refractivity contribution in [1.29, 1.82) is 0 Å². The predicted molar refractivity (Wildman–Crippen MR) is 84.9 cm³/mol. The molecule has 2 aromatic rings. The van der Waals surface area contributed by atoms with E-state index >= 15 is 0 Å². The minimum atomic E-state index is -3.52. The Morgan fingerprint density at radius 2 is 2.12 bits per heavy atom. The van der Waals surface area contributed by atoms with E-state index in [1.54, 1.807) is 17.0 Å². The molecule has 0 aliphatic carbocycles. The molecule has 24 heavy (non-hydrogen) atoms. The van der Waals surface area contributed by atoms with E-state index in [-0.39, 0.29) is 22.7 Å². The normalized spacial score (nSPS) is 18.6. The highest BCUT2D eigenvalue weighted by molar-refractivity contribution is 7.90. The Hall–Kier alpha value is -2.19. The molecular formula is C16H17FN2O4S. The second kappa shape index (κ2) is 6.37. The average Bonchev–Trinajstić information content (AvgIpc) is 3.04. The van der Waals surface area contributed by atoms with Gasteiger partial charge in [0.15, 0.2) is 5.76 Å². The van der Waals surface area contributed by atoms with Crippen LogP contribution >= 0.6 is 0 Å². The SMILES string of the molecule is CS(=O)(=O)c1ccc(C(=O)N2CCNCC2c2cccc(F)c2)o1. The van der Waals surface area contributed by atoms with E-state index in [2.05, 4.69) is 5.32 Å². The summed E-state index contributed by atoms with van der Waals surface area (Å²) in [4.78, 5) is 14.3. The van der Waals surface area contributed by atoms with Crippen molar-refractivity contribution in [3.05, 3.63) is 53.5 Å². The number of amides is 1. The van der Waals surface area contributed by atoms with Gasteiger partial charge in [0.05, 0.1) is 6.04 Å². The zero-order valence-corrected chi connectivity index (χ0v) is 13.8. The molecule has 1 unspecified atom stereocenters. The Labute approximate surface area is 139 Å². The number of nitrogens with one attached hydrogen (secondary N) is 1. The van der Waals surface area contributed by atoms with Gasteiger partial charge in [0, 0.05) is 25.9 Å². The first-order chi connectivity index (χ1) is 11.4. The maximum absolute atomic E-state index is 13.5. The van der Waals surface area contributed by atoms with Crippen LogP contribution in [0, 0.1) is 5.82 Å². The summed E-state index contributed by atoms with van der Waals surface area (Å²) in [5.41, 5.74) is 0.672. The van der Waals surface area contributed by atoms with Gasteiger partial charge in [-0.3, -0.25) is 4.79 Å². The van der Waals surface area contributed by atoms with Gasteiger partial charge in [0.2, 0.25) is 14.9 Å². The van der Waals surface area contributed by atoms with Crippen molar-refractivity contribution in [2.45, 2.75) is 11.1 Å². The Balaban J connectivity index is 1.90. The second-order valence-corrected chi connectivity index (χ2v) is 7.61. The number of furan rings is 1. The lowest BCUT2D eigenvalue weighted by molar-refractivity contribution is 0.0595. The molecule has 1 atom stereocenters. The molecule has 1 aliphatic heterocycles. The van der Waals surface area contributed by atoms with Crippen molar-refractivity contribution >= 4 is 15.7 Å². The maximum Gasteiger partial charge on any atom is 0.290 e. The van der Waals surface area contributed by atoms with Crippen molar-refractivity contribution in [2.75, 3.05) is 25.9 Å². The highest BCUT2D eigenvalue weighted by Crippen LogP contribution is 2.26. The summed E-state index contributed by atoms with van der Waals surface area (Å²) in [6.45, 7) is 1.49. The molecule has 1 fully saturated rings. The standard InChI is InChI=1S/C16H17FN2O4S/c1-24(21,22)15-6-5-14(23-15)16(20)19-8-7-18-10-13(19)11-3-2-4-12(17)9-11/h2-6,9,13,18H,7-8,10H2,1H3. The van der Waals surface area contributed by atoms with Crippen LogP contribution < -0.4 is 5.32 Å². The molecule has 1 aliphatic rings. The van der Waals surface area contributed by atoms with Gasteiger partial charge in [-0.25, -0.2) is 12.8 Å². The van der Waals surface area contributed by atoms with E-state index in [1.807, 2.05) is 0 Å². The summed E-state index contributed by atoms with van der Waals surface area (Å²) in [5, 5.41) is 2.93. The van der Waals surface area contributed by atoms with Gasteiger partial charge in [0.1, 0.15) is 5.82 Å². The summed E-state index contributed by atoms with van der Waals surface area (Å²) in [6.07, 6.45) is 1.01. The summed E-state index contributed by atoms with van der Waals surface area (Å²) in [5.74, 6) is -0.831. The van der Waals surface area contributed by atoms with Gasteiger partial charge in [-0.2, -0.15) is 0 Å².